The number of nitrogens with zero attached hydrogens (tertiary/aromatic N) is 1. The van der Waals surface area contributed by atoms with E-state index in [9.17, 15) is 0 Å². The lowest BCUT2D eigenvalue weighted by Crippen LogP contribution is -2.37. The van der Waals surface area contributed by atoms with Gasteiger partial charge >= 0.3 is 0 Å². The van der Waals surface area contributed by atoms with Crippen LogP contribution in [-0.4, -0.2) is 24.5 Å². The maximum atomic E-state index is 6.27. The van der Waals surface area contributed by atoms with Crippen LogP contribution >= 0.6 is 11.6 Å². The average molecular weight is 253 g/mol. The number of nitrogens with two attached hydrogens (primary N) is 1. The first kappa shape index (κ1) is 12.9. The van der Waals surface area contributed by atoms with Crippen LogP contribution in [0.5, 0.6) is 0 Å². The van der Waals surface area contributed by atoms with Crippen LogP contribution in [-0.2, 0) is 0 Å². The van der Waals surface area contributed by atoms with E-state index in [1.54, 1.807) is 0 Å². The lowest BCUT2D eigenvalue weighted by molar-refractivity contribution is 0.179. The molecule has 1 saturated carbocycles. The van der Waals surface area contributed by atoms with Crippen molar-refractivity contribution >= 4 is 11.6 Å². The van der Waals surface area contributed by atoms with Crippen molar-refractivity contribution in [3.63, 3.8) is 0 Å². The summed E-state index contributed by atoms with van der Waals surface area (Å²) < 4.78 is 0. The predicted octanol–water partition coefficient (Wildman–Crippen LogP) is 3.21. The zero-order chi connectivity index (χ0) is 12.3. The Balaban J connectivity index is 2.18. The zero-order valence-electron chi connectivity index (χ0n) is 10.4. The molecule has 0 aromatic heterocycles. The Morgan fingerprint density at radius 2 is 2.00 bits per heavy atom. The van der Waals surface area contributed by atoms with Gasteiger partial charge in [0.15, 0.2) is 0 Å². The number of hydrogen-bond donors (Lipinski definition) is 1. The Labute approximate surface area is 109 Å². The summed E-state index contributed by atoms with van der Waals surface area (Å²) in [5, 5.41) is 0.827. The van der Waals surface area contributed by atoms with Gasteiger partial charge in [-0.25, -0.2) is 0 Å². The minimum Gasteiger partial charge on any atom is -0.329 e. The molecular weight excluding hydrogens is 232 g/mol. The third kappa shape index (κ3) is 2.82. The Morgan fingerprint density at radius 3 is 2.59 bits per heavy atom. The Hall–Kier alpha value is -0.570. The van der Waals surface area contributed by atoms with E-state index in [0.717, 1.165) is 10.6 Å². The fraction of sp³-hybridized carbons (Fsp3) is 0.571. The molecule has 1 aromatic rings. The van der Waals surface area contributed by atoms with Crippen molar-refractivity contribution in [3.8, 4) is 0 Å². The van der Waals surface area contributed by atoms with Crippen molar-refractivity contribution in [2.45, 2.75) is 37.8 Å². The molecule has 94 valence electrons. The van der Waals surface area contributed by atoms with E-state index >= 15 is 0 Å². The molecule has 2 nitrogen and oxygen atoms in total. The molecule has 1 unspecified atom stereocenters. The minimum atomic E-state index is 0.242. The Bertz CT molecular complexity index is 361. The second kappa shape index (κ2) is 5.85. The van der Waals surface area contributed by atoms with Crippen LogP contribution in [0.1, 0.15) is 37.3 Å². The number of benzene rings is 1. The highest BCUT2D eigenvalue weighted by Gasteiger charge is 2.26. The normalized spacial score (nSPS) is 18.8. The smallest absolute Gasteiger partial charge is 0.0485 e. The van der Waals surface area contributed by atoms with Gasteiger partial charge in [0.2, 0.25) is 0 Å². The summed E-state index contributed by atoms with van der Waals surface area (Å²) >= 11 is 6.27. The number of halogens is 1. The van der Waals surface area contributed by atoms with E-state index in [1.165, 1.54) is 25.7 Å². The molecule has 3 heteroatoms. The number of likely N-dealkylation sites (N-methyl/N-ethyl adjacent to an activating group) is 1. The monoisotopic (exact) mass is 252 g/mol. The van der Waals surface area contributed by atoms with Crippen LogP contribution in [0.15, 0.2) is 24.3 Å². The summed E-state index contributed by atoms with van der Waals surface area (Å²) in [7, 11) is 2.18. The largest absolute Gasteiger partial charge is 0.329 e. The van der Waals surface area contributed by atoms with Gasteiger partial charge in [-0.15, -0.1) is 0 Å². The lowest BCUT2D eigenvalue weighted by atomic mass is 10.0. The van der Waals surface area contributed by atoms with Crippen LogP contribution in [0, 0.1) is 0 Å². The van der Waals surface area contributed by atoms with Gasteiger partial charge < -0.3 is 5.73 Å². The fourth-order valence-electron chi connectivity index (χ4n) is 2.82. The average Bonchev–Trinajstić information content (AvgIpc) is 2.86. The van der Waals surface area contributed by atoms with E-state index in [4.69, 9.17) is 17.3 Å². The van der Waals surface area contributed by atoms with Crippen LogP contribution in [0.2, 0.25) is 5.02 Å². The standard InChI is InChI=1S/C14H21ClN2/c1-17(11-6-2-3-7-11)14(10-16)12-8-4-5-9-13(12)15/h4-5,8-9,11,14H,2-3,6-7,10,16H2,1H3. The van der Waals surface area contributed by atoms with Crippen molar-refractivity contribution < 1.29 is 0 Å². The highest BCUT2D eigenvalue weighted by molar-refractivity contribution is 6.31. The van der Waals surface area contributed by atoms with Crippen molar-refractivity contribution in [1.82, 2.24) is 4.90 Å². The molecule has 1 aliphatic rings. The third-order valence-corrected chi connectivity index (χ3v) is 4.22. The molecule has 1 aromatic carbocycles. The van der Waals surface area contributed by atoms with E-state index < -0.39 is 0 Å². The molecule has 1 atom stereocenters. The summed E-state index contributed by atoms with van der Waals surface area (Å²) in [6, 6.07) is 8.95. The molecule has 1 aliphatic carbocycles. The highest BCUT2D eigenvalue weighted by atomic mass is 35.5. The van der Waals surface area contributed by atoms with Gasteiger partial charge in [-0.1, -0.05) is 42.6 Å². The first-order chi connectivity index (χ1) is 8.24. The van der Waals surface area contributed by atoms with Crippen LogP contribution in [0.4, 0.5) is 0 Å². The second-order valence-corrected chi connectivity index (χ2v) is 5.28. The first-order valence-electron chi connectivity index (χ1n) is 6.40. The van der Waals surface area contributed by atoms with Gasteiger partial charge in [-0.2, -0.15) is 0 Å². The maximum absolute atomic E-state index is 6.27. The summed E-state index contributed by atoms with van der Waals surface area (Å²) in [5.74, 6) is 0. The molecule has 0 aliphatic heterocycles. The van der Waals surface area contributed by atoms with E-state index in [0.29, 0.717) is 12.6 Å². The Kier molecular flexibility index (Phi) is 4.43. The molecule has 0 bridgehead atoms. The maximum Gasteiger partial charge on any atom is 0.0485 e. The minimum absolute atomic E-state index is 0.242. The molecule has 0 heterocycles. The van der Waals surface area contributed by atoms with Gasteiger partial charge in [-0.3, -0.25) is 4.90 Å². The van der Waals surface area contributed by atoms with E-state index in [1.807, 2.05) is 18.2 Å². The van der Waals surface area contributed by atoms with Crippen molar-refractivity contribution in [2.75, 3.05) is 13.6 Å². The second-order valence-electron chi connectivity index (χ2n) is 4.88. The van der Waals surface area contributed by atoms with Gasteiger partial charge in [0.05, 0.1) is 0 Å². The van der Waals surface area contributed by atoms with Gasteiger partial charge in [0, 0.05) is 23.7 Å². The highest BCUT2D eigenvalue weighted by Crippen LogP contribution is 2.32. The molecule has 2 rings (SSSR count). The fourth-order valence-corrected chi connectivity index (χ4v) is 3.09. The SMILES string of the molecule is CN(C1CCCC1)C(CN)c1ccccc1Cl. The summed E-state index contributed by atoms with van der Waals surface area (Å²) in [4.78, 5) is 2.41. The molecule has 2 N–H and O–H groups in total. The first-order valence-corrected chi connectivity index (χ1v) is 6.78. The number of rotatable bonds is 4. The molecule has 0 spiro atoms. The van der Waals surface area contributed by atoms with Crippen molar-refractivity contribution in [2.24, 2.45) is 5.73 Å². The molecular formula is C14H21ClN2. The molecule has 0 amide bonds. The predicted molar refractivity (Wildman–Crippen MR) is 73.3 cm³/mol. The van der Waals surface area contributed by atoms with Crippen LogP contribution < -0.4 is 5.73 Å². The van der Waals surface area contributed by atoms with Crippen molar-refractivity contribution in [1.29, 1.82) is 0 Å². The molecule has 0 saturated heterocycles. The van der Waals surface area contributed by atoms with Crippen molar-refractivity contribution in [3.05, 3.63) is 34.9 Å². The van der Waals surface area contributed by atoms with E-state index in [-0.39, 0.29) is 6.04 Å². The summed E-state index contributed by atoms with van der Waals surface area (Å²) in [5.41, 5.74) is 7.10. The quantitative estimate of drug-likeness (QED) is 0.892. The van der Waals surface area contributed by atoms with Gasteiger partial charge in [0.25, 0.3) is 0 Å². The zero-order valence-corrected chi connectivity index (χ0v) is 11.2. The van der Waals surface area contributed by atoms with Crippen LogP contribution in [0.25, 0.3) is 0 Å². The third-order valence-electron chi connectivity index (χ3n) is 3.88. The summed E-state index contributed by atoms with van der Waals surface area (Å²) in [6.45, 7) is 0.622. The lowest BCUT2D eigenvalue weighted by Gasteiger charge is -2.33. The topological polar surface area (TPSA) is 29.3 Å². The molecule has 17 heavy (non-hydrogen) atoms. The van der Waals surface area contributed by atoms with E-state index in [2.05, 4.69) is 18.0 Å². The number of hydrogen-bond acceptors (Lipinski definition) is 2. The Morgan fingerprint density at radius 1 is 1.35 bits per heavy atom. The summed E-state index contributed by atoms with van der Waals surface area (Å²) in [6.07, 6.45) is 5.26. The molecule has 0 radical (unpaired) electrons. The van der Waals surface area contributed by atoms with Gasteiger partial charge in [-0.05, 0) is 31.5 Å². The van der Waals surface area contributed by atoms with Crippen LogP contribution in [0.3, 0.4) is 0 Å². The van der Waals surface area contributed by atoms with Gasteiger partial charge in [0.1, 0.15) is 0 Å². The molecule has 1 fully saturated rings.